The van der Waals surface area contributed by atoms with Crippen molar-refractivity contribution in [1.29, 1.82) is 0 Å². The number of ketones is 1. The predicted octanol–water partition coefficient (Wildman–Crippen LogP) is 3.00. The number of Topliss-reactive ketones (excluding diaryl/α,β-unsaturated/α-hetero) is 1. The van der Waals surface area contributed by atoms with Crippen molar-refractivity contribution in [2.75, 3.05) is 6.54 Å². The van der Waals surface area contributed by atoms with Crippen LogP contribution in [0.2, 0.25) is 0 Å². The second kappa shape index (κ2) is 6.17. The first-order valence-electron chi connectivity index (χ1n) is 5.53. The van der Waals surface area contributed by atoms with Gasteiger partial charge in [0.05, 0.1) is 6.54 Å². The van der Waals surface area contributed by atoms with E-state index in [0.29, 0.717) is 5.56 Å². The molecule has 0 spiro atoms. The van der Waals surface area contributed by atoms with E-state index in [-0.39, 0.29) is 12.3 Å². The van der Waals surface area contributed by atoms with Gasteiger partial charge in [-0.1, -0.05) is 12.1 Å². The number of amides is 1. The summed E-state index contributed by atoms with van der Waals surface area (Å²) in [5.41, 5.74) is 0.0159. The molecule has 0 aliphatic heterocycles. The molecule has 4 nitrogen and oxygen atoms in total. The number of hydrogen-bond acceptors (Lipinski definition) is 3. The zero-order valence-corrected chi connectivity index (χ0v) is 12.8. The quantitative estimate of drug-likeness (QED) is 0.665. The summed E-state index contributed by atoms with van der Waals surface area (Å²) in [5, 5.41) is 2.44. The van der Waals surface area contributed by atoms with Crippen molar-refractivity contribution < 1.29 is 14.3 Å². The average Bonchev–Trinajstić information content (AvgIpc) is 2.24. The van der Waals surface area contributed by atoms with Gasteiger partial charge in [-0.25, -0.2) is 4.79 Å². The molecule has 1 N–H and O–H groups in total. The number of benzene rings is 1. The minimum atomic E-state index is -0.582. The first-order chi connectivity index (χ1) is 8.28. The van der Waals surface area contributed by atoms with Gasteiger partial charge in [-0.15, -0.1) is 0 Å². The molecule has 1 amide bonds. The monoisotopic (exact) mass is 361 g/mol. The van der Waals surface area contributed by atoms with Crippen molar-refractivity contribution in [2.24, 2.45) is 0 Å². The fraction of sp³-hybridized carbons (Fsp3) is 0.385. The fourth-order valence-electron chi connectivity index (χ4n) is 1.20. The number of hydrogen-bond donors (Lipinski definition) is 1. The van der Waals surface area contributed by atoms with E-state index < -0.39 is 11.7 Å². The van der Waals surface area contributed by atoms with Crippen LogP contribution in [-0.4, -0.2) is 24.0 Å². The minimum Gasteiger partial charge on any atom is -0.444 e. The van der Waals surface area contributed by atoms with Gasteiger partial charge in [0.2, 0.25) is 0 Å². The first kappa shape index (κ1) is 14.9. The lowest BCUT2D eigenvalue weighted by atomic mass is 10.1. The van der Waals surface area contributed by atoms with Crippen LogP contribution >= 0.6 is 22.6 Å². The second-order valence-corrected chi connectivity index (χ2v) is 6.03. The highest BCUT2D eigenvalue weighted by molar-refractivity contribution is 14.1. The van der Waals surface area contributed by atoms with Crippen molar-refractivity contribution >= 4 is 34.5 Å². The molecule has 1 rings (SSSR count). The van der Waals surface area contributed by atoms with E-state index in [9.17, 15) is 9.59 Å². The predicted molar refractivity (Wildman–Crippen MR) is 77.7 cm³/mol. The van der Waals surface area contributed by atoms with E-state index in [1.165, 1.54) is 0 Å². The largest absolute Gasteiger partial charge is 0.444 e. The maximum absolute atomic E-state index is 11.8. The van der Waals surface area contributed by atoms with Crippen LogP contribution in [0.15, 0.2) is 24.3 Å². The molecule has 5 heteroatoms. The molecule has 0 fully saturated rings. The Morgan fingerprint density at radius 2 is 1.78 bits per heavy atom. The van der Waals surface area contributed by atoms with Gasteiger partial charge in [0, 0.05) is 9.13 Å². The summed E-state index contributed by atoms with van der Waals surface area (Å²) in [6.07, 6.45) is -0.582. The molecule has 0 saturated heterocycles. The summed E-state index contributed by atoms with van der Waals surface area (Å²) in [7, 11) is 0. The third kappa shape index (κ3) is 5.48. The van der Waals surface area contributed by atoms with Crippen molar-refractivity contribution in [3.8, 4) is 0 Å². The number of rotatable bonds is 3. The van der Waals surface area contributed by atoms with E-state index in [4.69, 9.17) is 4.74 Å². The van der Waals surface area contributed by atoms with Crippen LogP contribution in [0.4, 0.5) is 4.79 Å². The zero-order valence-electron chi connectivity index (χ0n) is 10.6. The number of carbonyl (C=O) groups is 2. The zero-order chi connectivity index (χ0) is 13.8. The molecular weight excluding hydrogens is 345 g/mol. The van der Waals surface area contributed by atoms with Gasteiger partial charge in [-0.2, -0.15) is 0 Å². The van der Waals surface area contributed by atoms with E-state index in [2.05, 4.69) is 27.9 Å². The molecule has 0 unspecified atom stereocenters. The van der Waals surface area contributed by atoms with Crippen LogP contribution in [0, 0.1) is 3.57 Å². The molecule has 0 aromatic heterocycles. The van der Waals surface area contributed by atoms with Crippen LogP contribution in [-0.2, 0) is 4.74 Å². The van der Waals surface area contributed by atoms with E-state index in [1.807, 2.05) is 12.1 Å². The molecule has 18 heavy (non-hydrogen) atoms. The number of carbonyl (C=O) groups excluding carboxylic acids is 2. The van der Waals surface area contributed by atoms with Crippen molar-refractivity contribution in [3.63, 3.8) is 0 Å². The van der Waals surface area contributed by atoms with Gasteiger partial charge in [0.15, 0.2) is 5.78 Å². The van der Waals surface area contributed by atoms with Crippen molar-refractivity contribution in [2.45, 2.75) is 26.4 Å². The summed E-state index contributed by atoms with van der Waals surface area (Å²) < 4.78 is 6.10. The van der Waals surface area contributed by atoms with Crippen LogP contribution in [0.3, 0.4) is 0 Å². The molecule has 0 saturated carbocycles. The van der Waals surface area contributed by atoms with E-state index >= 15 is 0 Å². The Morgan fingerprint density at radius 3 is 2.28 bits per heavy atom. The number of halogens is 1. The summed E-state index contributed by atoms with van der Waals surface area (Å²) >= 11 is 2.17. The topological polar surface area (TPSA) is 55.4 Å². The highest BCUT2D eigenvalue weighted by Gasteiger charge is 2.16. The second-order valence-electron chi connectivity index (χ2n) is 4.79. The SMILES string of the molecule is CC(C)(C)OC(=O)NCC(=O)c1ccc(I)cc1. The lowest BCUT2D eigenvalue weighted by molar-refractivity contribution is 0.0520. The number of alkyl carbamates (subject to hydrolysis) is 1. The van der Waals surface area contributed by atoms with Gasteiger partial charge in [0.1, 0.15) is 5.60 Å². The molecule has 98 valence electrons. The van der Waals surface area contributed by atoms with Crippen LogP contribution in [0.5, 0.6) is 0 Å². The Balaban J connectivity index is 2.47. The van der Waals surface area contributed by atoms with Gasteiger partial charge in [0.25, 0.3) is 0 Å². The Bertz CT molecular complexity index is 435. The van der Waals surface area contributed by atoms with E-state index in [1.54, 1.807) is 32.9 Å². The van der Waals surface area contributed by atoms with Crippen molar-refractivity contribution in [1.82, 2.24) is 5.32 Å². The maximum Gasteiger partial charge on any atom is 0.408 e. The standard InChI is InChI=1S/C13H16INO3/c1-13(2,3)18-12(17)15-8-11(16)9-4-6-10(14)7-5-9/h4-7H,8H2,1-3H3,(H,15,17). The Hall–Kier alpha value is -1.11. The summed E-state index contributed by atoms with van der Waals surface area (Å²) in [5.74, 6) is -0.141. The summed E-state index contributed by atoms with van der Waals surface area (Å²) in [6, 6.07) is 7.17. The van der Waals surface area contributed by atoms with Gasteiger partial charge < -0.3 is 10.1 Å². The highest BCUT2D eigenvalue weighted by atomic mass is 127. The lowest BCUT2D eigenvalue weighted by Crippen LogP contribution is -2.35. The summed E-state index contributed by atoms with van der Waals surface area (Å²) in [6.45, 7) is 5.25. The molecule has 0 atom stereocenters. The highest BCUT2D eigenvalue weighted by Crippen LogP contribution is 2.08. The molecule has 0 radical (unpaired) electrons. The molecule has 0 bridgehead atoms. The van der Waals surface area contributed by atoms with E-state index in [0.717, 1.165) is 3.57 Å². The third-order valence-corrected chi connectivity index (χ3v) is 2.68. The Labute approximate surface area is 120 Å². The molecule has 1 aromatic carbocycles. The Kier molecular flexibility index (Phi) is 5.13. The smallest absolute Gasteiger partial charge is 0.408 e. The molecule has 0 aliphatic carbocycles. The van der Waals surface area contributed by atoms with Crippen molar-refractivity contribution in [3.05, 3.63) is 33.4 Å². The maximum atomic E-state index is 11.8. The van der Waals surface area contributed by atoms with Gasteiger partial charge >= 0.3 is 6.09 Å². The van der Waals surface area contributed by atoms with Crippen LogP contribution < -0.4 is 5.32 Å². The number of ether oxygens (including phenoxy) is 1. The van der Waals surface area contributed by atoms with Gasteiger partial charge in [-0.3, -0.25) is 4.79 Å². The number of nitrogens with one attached hydrogen (secondary N) is 1. The normalized spacial score (nSPS) is 10.9. The van der Waals surface area contributed by atoms with Gasteiger partial charge in [-0.05, 0) is 55.5 Å². The average molecular weight is 361 g/mol. The first-order valence-corrected chi connectivity index (χ1v) is 6.61. The van der Waals surface area contributed by atoms with Crippen LogP contribution in [0.1, 0.15) is 31.1 Å². The minimum absolute atomic E-state index is 0.0600. The molecule has 0 heterocycles. The Morgan fingerprint density at radius 1 is 1.22 bits per heavy atom. The molecular formula is C13H16INO3. The lowest BCUT2D eigenvalue weighted by Gasteiger charge is -2.19. The molecule has 1 aromatic rings. The summed E-state index contributed by atoms with van der Waals surface area (Å²) in [4.78, 5) is 23.1. The fourth-order valence-corrected chi connectivity index (χ4v) is 1.56. The third-order valence-electron chi connectivity index (χ3n) is 1.96. The molecule has 0 aliphatic rings. The van der Waals surface area contributed by atoms with Crippen LogP contribution in [0.25, 0.3) is 0 Å².